The quantitative estimate of drug-likeness (QED) is 0.888. The molecule has 1 heterocycles. The summed E-state index contributed by atoms with van der Waals surface area (Å²) in [6, 6.07) is 10.8. The van der Waals surface area contributed by atoms with Gasteiger partial charge in [-0.3, -0.25) is 0 Å². The average molecular weight is 308 g/mol. The Labute approximate surface area is 125 Å². The van der Waals surface area contributed by atoms with Gasteiger partial charge in [0.05, 0.1) is 11.4 Å². The van der Waals surface area contributed by atoms with E-state index >= 15 is 0 Å². The first kappa shape index (κ1) is 15.8. The monoisotopic (exact) mass is 308 g/mol. The molecule has 1 aromatic carbocycles. The lowest BCUT2D eigenvalue weighted by Gasteiger charge is -2.11. The van der Waals surface area contributed by atoms with Crippen LogP contribution in [0.1, 0.15) is 17.1 Å². The summed E-state index contributed by atoms with van der Waals surface area (Å²) in [6.45, 7) is 3.21. The third kappa shape index (κ3) is 3.93. The predicted molar refractivity (Wildman–Crippen MR) is 81.3 cm³/mol. The summed E-state index contributed by atoms with van der Waals surface area (Å²) in [5, 5.41) is 3.26. The Bertz CT molecular complexity index is 688. The Hall–Kier alpha value is -1.63. The number of hydrogen-bond acceptors (Lipinski definition) is 4. The standard InChI is InChI=1S/C15H20N2O3S/c1-12-4-7-14(20-12)11-16-10-13-5-8-15(9-6-13)21(18,19)17(2)3/h4-9,16H,10-11H2,1-3H3. The number of sulfonamides is 1. The minimum Gasteiger partial charge on any atom is -0.465 e. The number of nitrogens with one attached hydrogen (secondary N) is 1. The van der Waals surface area contributed by atoms with Gasteiger partial charge in [0.2, 0.25) is 10.0 Å². The van der Waals surface area contributed by atoms with Crippen molar-refractivity contribution >= 4 is 10.0 Å². The molecular formula is C15H20N2O3S. The summed E-state index contributed by atoms with van der Waals surface area (Å²) in [6.07, 6.45) is 0. The number of aryl methyl sites for hydroxylation is 1. The van der Waals surface area contributed by atoms with Crippen LogP contribution in [-0.4, -0.2) is 26.8 Å². The highest BCUT2D eigenvalue weighted by Gasteiger charge is 2.16. The van der Waals surface area contributed by atoms with Crippen molar-refractivity contribution in [2.24, 2.45) is 0 Å². The van der Waals surface area contributed by atoms with Crippen molar-refractivity contribution in [2.75, 3.05) is 14.1 Å². The molecule has 0 fully saturated rings. The van der Waals surface area contributed by atoms with Gasteiger partial charge in [0.15, 0.2) is 0 Å². The van der Waals surface area contributed by atoms with Gasteiger partial charge in [0, 0.05) is 20.6 Å². The third-order valence-electron chi connectivity index (χ3n) is 3.13. The van der Waals surface area contributed by atoms with Crippen molar-refractivity contribution in [1.82, 2.24) is 9.62 Å². The molecule has 0 atom stereocenters. The number of hydrogen-bond donors (Lipinski definition) is 1. The van der Waals surface area contributed by atoms with Crippen molar-refractivity contribution in [2.45, 2.75) is 24.9 Å². The summed E-state index contributed by atoms with van der Waals surface area (Å²) in [5.41, 5.74) is 1.02. The summed E-state index contributed by atoms with van der Waals surface area (Å²) in [7, 11) is -0.309. The second-order valence-corrected chi connectivity index (χ2v) is 7.20. The molecule has 1 aromatic heterocycles. The van der Waals surface area contributed by atoms with Gasteiger partial charge in [-0.05, 0) is 36.8 Å². The van der Waals surface area contributed by atoms with Crippen molar-refractivity contribution in [1.29, 1.82) is 0 Å². The van der Waals surface area contributed by atoms with Crippen LogP contribution in [0.4, 0.5) is 0 Å². The fourth-order valence-electron chi connectivity index (χ4n) is 1.90. The van der Waals surface area contributed by atoms with Gasteiger partial charge in [-0.15, -0.1) is 0 Å². The molecule has 0 amide bonds. The lowest BCUT2D eigenvalue weighted by molar-refractivity contribution is 0.461. The van der Waals surface area contributed by atoms with Gasteiger partial charge in [-0.2, -0.15) is 0 Å². The van der Waals surface area contributed by atoms with Gasteiger partial charge >= 0.3 is 0 Å². The largest absolute Gasteiger partial charge is 0.465 e. The van der Waals surface area contributed by atoms with E-state index in [-0.39, 0.29) is 0 Å². The predicted octanol–water partition coefficient (Wildman–Crippen LogP) is 2.13. The summed E-state index contributed by atoms with van der Waals surface area (Å²) >= 11 is 0. The van der Waals surface area contributed by atoms with Crippen molar-refractivity contribution in [3.8, 4) is 0 Å². The highest BCUT2D eigenvalue weighted by atomic mass is 32.2. The van der Waals surface area contributed by atoms with Crippen molar-refractivity contribution in [3.05, 3.63) is 53.5 Å². The van der Waals surface area contributed by atoms with Gasteiger partial charge in [-0.25, -0.2) is 12.7 Å². The Balaban J connectivity index is 1.94. The van der Waals surface area contributed by atoms with Crippen molar-refractivity contribution in [3.63, 3.8) is 0 Å². The third-order valence-corrected chi connectivity index (χ3v) is 4.96. The van der Waals surface area contributed by atoms with Crippen LogP contribution in [-0.2, 0) is 23.1 Å². The van der Waals surface area contributed by atoms with Crippen LogP contribution >= 0.6 is 0 Å². The van der Waals surface area contributed by atoms with Crippen LogP contribution in [0.15, 0.2) is 45.7 Å². The Morgan fingerprint density at radius 2 is 1.71 bits per heavy atom. The SMILES string of the molecule is Cc1ccc(CNCc2ccc(S(=O)(=O)N(C)C)cc2)o1. The molecule has 1 N–H and O–H groups in total. The van der Waals surface area contributed by atoms with E-state index in [0.29, 0.717) is 18.0 Å². The molecule has 0 aliphatic rings. The average Bonchev–Trinajstić information content (AvgIpc) is 2.85. The lowest BCUT2D eigenvalue weighted by atomic mass is 10.2. The molecule has 0 saturated carbocycles. The highest BCUT2D eigenvalue weighted by molar-refractivity contribution is 7.89. The maximum atomic E-state index is 11.9. The molecule has 0 radical (unpaired) electrons. The van der Waals surface area contributed by atoms with E-state index in [1.165, 1.54) is 18.4 Å². The first-order valence-electron chi connectivity index (χ1n) is 6.67. The molecular weight excluding hydrogens is 288 g/mol. The smallest absolute Gasteiger partial charge is 0.242 e. The van der Waals surface area contributed by atoms with Crippen LogP contribution in [0.25, 0.3) is 0 Å². The molecule has 0 bridgehead atoms. The van der Waals surface area contributed by atoms with Gasteiger partial charge in [-0.1, -0.05) is 12.1 Å². The van der Waals surface area contributed by atoms with E-state index in [1.807, 2.05) is 31.2 Å². The second kappa shape index (κ2) is 6.43. The van der Waals surface area contributed by atoms with Crippen LogP contribution in [0.5, 0.6) is 0 Å². The minimum atomic E-state index is -3.36. The molecule has 6 heteroatoms. The van der Waals surface area contributed by atoms with Crippen LogP contribution in [0.2, 0.25) is 0 Å². The molecule has 2 aromatic rings. The molecule has 0 saturated heterocycles. The number of benzene rings is 1. The highest BCUT2D eigenvalue weighted by Crippen LogP contribution is 2.14. The van der Waals surface area contributed by atoms with E-state index < -0.39 is 10.0 Å². The molecule has 0 unspecified atom stereocenters. The maximum absolute atomic E-state index is 11.9. The Kier molecular flexibility index (Phi) is 4.82. The molecule has 0 spiro atoms. The molecule has 21 heavy (non-hydrogen) atoms. The van der Waals surface area contributed by atoms with E-state index in [0.717, 1.165) is 17.1 Å². The second-order valence-electron chi connectivity index (χ2n) is 5.05. The first-order chi connectivity index (χ1) is 9.89. The fourth-order valence-corrected chi connectivity index (χ4v) is 2.80. The normalized spacial score (nSPS) is 12.0. The lowest BCUT2D eigenvalue weighted by Crippen LogP contribution is -2.22. The minimum absolute atomic E-state index is 0.304. The fraction of sp³-hybridized carbons (Fsp3) is 0.333. The van der Waals surface area contributed by atoms with Crippen LogP contribution in [0.3, 0.4) is 0 Å². The number of rotatable bonds is 6. The van der Waals surface area contributed by atoms with Gasteiger partial charge in [0.25, 0.3) is 0 Å². The Morgan fingerprint density at radius 3 is 2.24 bits per heavy atom. The topological polar surface area (TPSA) is 62.6 Å². The molecule has 5 nitrogen and oxygen atoms in total. The van der Waals surface area contributed by atoms with E-state index in [9.17, 15) is 8.42 Å². The van der Waals surface area contributed by atoms with Crippen LogP contribution in [0, 0.1) is 6.92 Å². The first-order valence-corrected chi connectivity index (χ1v) is 8.11. The van der Waals surface area contributed by atoms with E-state index in [1.54, 1.807) is 12.1 Å². The van der Waals surface area contributed by atoms with Crippen LogP contribution < -0.4 is 5.32 Å². The summed E-state index contributed by atoms with van der Waals surface area (Å²) in [5.74, 6) is 1.78. The van der Waals surface area contributed by atoms with E-state index in [2.05, 4.69) is 5.32 Å². The zero-order chi connectivity index (χ0) is 15.5. The summed E-state index contributed by atoms with van der Waals surface area (Å²) in [4.78, 5) is 0.304. The van der Waals surface area contributed by atoms with Gasteiger partial charge in [0.1, 0.15) is 11.5 Å². The molecule has 114 valence electrons. The zero-order valence-electron chi connectivity index (χ0n) is 12.5. The number of furan rings is 1. The molecule has 0 aliphatic heterocycles. The number of nitrogens with zero attached hydrogens (tertiary/aromatic N) is 1. The maximum Gasteiger partial charge on any atom is 0.242 e. The molecule has 2 rings (SSSR count). The molecule has 0 aliphatic carbocycles. The zero-order valence-corrected chi connectivity index (χ0v) is 13.3. The Morgan fingerprint density at radius 1 is 1.05 bits per heavy atom. The van der Waals surface area contributed by atoms with Crippen molar-refractivity contribution < 1.29 is 12.8 Å². The van der Waals surface area contributed by atoms with E-state index in [4.69, 9.17) is 4.42 Å². The summed E-state index contributed by atoms with van der Waals surface area (Å²) < 4.78 is 30.6. The van der Waals surface area contributed by atoms with Gasteiger partial charge < -0.3 is 9.73 Å².